The van der Waals surface area contributed by atoms with Gasteiger partial charge in [0.05, 0.1) is 12.8 Å². The summed E-state index contributed by atoms with van der Waals surface area (Å²) >= 11 is 3.30. The maximum absolute atomic E-state index is 12.2. The van der Waals surface area contributed by atoms with Crippen molar-refractivity contribution >= 4 is 39.5 Å². The molecule has 1 aromatic carbocycles. The van der Waals surface area contributed by atoms with Crippen LogP contribution in [0.1, 0.15) is 18.2 Å². The van der Waals surface area contributed by atoms with Gasteiger partial charge in [0.25, 0.3) is 5.56 Å². The van der Waals surface area contributed by atoms with Crippen LogP contribution in [0.3, 0.4) is 0 Å². The summed E-state index contributed by atoms with van der Waals surface area (Å²) < 4.78 is 12.4. The zero-order valence-corrected chi connectivity index (χ0v) is 18.5. The lowest BCUT2D eigenvalue weighted by molar-refractivity contribution is -0.148. The van der Waals surface area contributed by atoms with Gasteiger partial charge in [-0.3, -0.25) is 14.0 Å². The summed E-state index contributed by atoms with van der Waals surface area (Å²) in [6.07, 6.45) is 4.56. The molecule has 9 heteroatoms. The van der Waals surface area contributed by atoms with E-state index in [0.717, 1.165) is 15.8 Å². The zero-order chi connectivity index (χ0) is 22.4. The van der Waals surface area contributed by atoms with Crippen molar-refractivity contribution in [2.45, 2.75) is 19.6 Å². The van der Waals surface area contributed by atoms with Crippen LogP contribution in [0.25, 0.3) is 11.7 Å². The minimum atomic E-state index is -0.870. The standard InChI is InChI=1S/C22H20BrN3O5/c1-14(24-20(27)10-5-15-3-7-18(30-2)8-4-15)22(29)31-13-17-11-21(28)26-12-16(23)6-9-19(26)25-17/h3-12,14H,13H2,1-2H3,(H,24,27). The van der Waals surface area contributed by atoms with Crippen molar-refractivity contribution in [1.29, 1.82) is 0 Å². The van der Waals surface area contributed by atoms with Crippen LogP contribution in [0.5, 0.6) is 5.75 Å². The zero-order valence-electron chi connectivity index (χ0n) is 16.9. The van der Waals surface area contributed by atoms with Gasteiger partial charge in [-0.2, -0.15) is 0 Å². The van der Waals surface area contributed by atoms with Crippen LogP contribution < -0.4 is 15.6 Å². The lowest BCUT2D eigenvalue weighted by Crippen LogP contribution is -2.38. The molecule has 0 fully saturated rings. The lowest BCUT2D eigenvalue weighted by atomic mass is 10.2. The van der Waals surface area contributed by atoms with Crippen molar-refractivity contribution in [2.75, 3.05) is 7.11 Å². The van der Waals surface area contributed by atoms with E-state index in [9.17, 15) is 14.4 Å². The Morgan fingerprint density at radius 3 is 2.68 bits per heavy atom. The van der Waals surface area contributed by atoms with Gasteiger partial charge in [0.2, 0.25) is 5.91 Å². The molecule has 3 rings (SSSR count). The van der Waals surface area contributed by atoms with Crippen LogP contribution in [0.4, 0.5) is 0 Å². The molecule has 1 atom stereocenters. The van der Waals surface area contributed by atoms with Crippen molar-refractivity contribution < 1.29 is 19.1 Å². The first-order valence-electron chi connectivity index (χ1n) is 9.33. The Labute approximate surface area is 186 Å². The number of halogens is 1. The van der Waals surface area contributed by atoms with E-state index in [2.05, 4.69) is 26.2 Å². The molecule has 8 nitrogen and oxygen atoms in total. The molecule has 2 heterocycles. The Hall–Kier alpha value is -3.46. The molecule has 0 radical (unpaired) electrons. The normalized spacial score (nSPS) is 12.0. The number of carbonyl (C=O) groups is 2. The highest BCUT2D eigenvalue weighted by Gasteiger charge is 2.16. The fourth-order valence-corrected chi connectivity index (χ4v) is 3.01. The van der Waals surface area contributed by atoms with E-state index in [1.807, 2.05) is 0 Å². The highest BCUT2D eigenvalue weighted by molar-refractivity contribution is 9.10. The Morgan fingerprint density at radius 1 is 1.23 bits per heavy atom. The molecule has 0 aliphatic heterocycles. The van der Waals surface area contributed by atoms with Crippen LogP contribution in [-0.4, -0.2) is 34.4 Å². The average Bonchev–Trinajstić information content (AvgIpc) is 2.76. The fraction of sp³-hybridized carbons (Fsp3) is 0.182. The van der Waals surface area contributed by atoms with Gasteiger partial charge in [-0.15, -0.1) is 0 Å². The molecule has 1 amide bonds. The highest BCUT2D eigenvalue weighted by atomic mass is 79.9. The summed E-state index contributed by atoms with van der Waals surface area (Å²) in [4.78, 5) is 40.7. The first-order valence-corrected chi connectivity index (χ1v) is 10.1. The summed E-state index contributed by atoms with van der Waals surface area (Å²) in [6, 6.07) is 11.0. The Kier molecular flexibility index (Phi) is 7.19. The molecule has 1 N–H and O–H groups in total. The van der Waals surface area contributed by atoms with Crippen LogP contribution in [-0.2, 0) is 20.9 Å². The number of ether oxygens (including phenoxy) is 2. The molecular formula is C22H20BrN3O5. The molecular weight excluding hydrogens is 466 g/mol. The van der Waals surface area contributed by atoms with Crippen molar-refractivity contribution in [3.8, 4) is 5.75 Å². The smallest absolute Gasteiger partial charge is 0.328 e. The molecule has 3 aromatic rings. The molecule has 0 aliphatic carbocycles. The van der Waals surface area contributed by atoms with Crippen molar-refractivity contribution in [3.05, 3.63) is 80.8 Å². The Morgan fingerprint density at radius 2 is 1.97 bits per heavy atom. The summed E-state index contributed by atoms with van der Waals surface area (Å²) in [5.41, 5.74) is 1.28. The van der Waals surface area contributed by atoms with Gasteiger partial charge in [0.15, 0.2) is 0 Å². The Balaban J connectivity index is 1.54. The summed E-state index contributed by atoms with van der Waals surface area (Å²) in [7, 11) is 1.58. The maximum Gasteiger partial charge on any atom is 0.328 e. The van der Waals surface area contributed by atoms with Crippen molar-refractivity contribution in [2.24, 2.45) is 0 Å². The third kappa shape index (κ3) is 6.02. The number of nitrogens with zero attached hydrogens (tertiary/aromatic N) is 2. The quantitative estimate of drug-likeness (QED) is 0.408. The third-order valence-electron chi connectivity index (χ3n) is 4.29. The van der Waals surface area contributed by atoms with E-state index in [-0.39, 0.29) is 12.2 Å². The molecule has 0 saturated heterocycles. The molecule has 0 saturated carbocycles. The second-order valence-electron chi connectivity index (χ2n) is 6.61. The maximum atomic E-state index is 12.2. The number of carbonyl (C=O) groups excluding carboxylic acids is 2. The SMILES string of the molecule is COc1ccc(C=CC(=O)NC(C)C(=O)OCc2cc(=O)n3cc(Br)ccc3n2)cc1. The van der Waals surface area contributed by atoms with E-state index >= 15 is 0 Å². The number of amides is 1. The third-order valence-corrected chi connectivity index (χ3v) is 4.76. The average molecular weight is 486 g/mol. The van der Waals surface area contributed by atoms with Gasteiger partial charge >= 0.3 is 5.97 Å². The van der Waals surface area contributed by atoms with E-state index in [4.69, 9.17) is 9.47 Å². The summed E-state index contributed by atoms with van der Waals surface area (Å²) in [6.45, 7) is 1.34. The lowest BCUT2D eigenvalue weighted by Gasteiger charge is -2.12. The number of esters is 1. The number of methoxy groups -OCH3 is 1. The van der Waals surface area contributed by atoms with E-state index in [1.54, 1.807) is 55.8 Å². The second kappa shape index (κ2) is 10.0. The number of pyridine rings is 1. The van der Waals surface area contributed by atoms with Gasteiger partial charge in [-0.1, -0.05) is 12.1 Å². The minimum absolute atomic E-state index is 0.178. The highest BCUT2D eigenvalue weighted by Crippen LogP contribution is 2.12. The number of hydrogen-bond donors (Lipinski definition) is 1. The van der Waals surface area contributed by atoms with E-state index < -0.39 is 17.9 Å². The number of hydrogen-bond acceptors (Lipinski definition) is 6. The molecule has 0 aliphatic rings. The molecule has 2 aromatic heterocycles. The van der Waals surface area contributed by atoms with Gasteiger partial charge < -0.3 is 14.8 Å². The van der Waals surface area contributed by atoms with Crippen LogP contribution in [0.15, 0.2) is 64.0 Å². The van der Waals surface area contributed by atoms with E-state index in [0.29, 0.717) is 11.3 Å². The van der Waals surface area contributed by atoms with Crippen molar-refractivity contribution in [1.82, 2.24) is 14.7 Å². The number of benzene rings is 1. The molecule has 160 valence electrons. The van der Waals surface area contributed by atoms with Gasteiger partial charge in [0.1, 0.15) is 24.0 Å². The largest absolute Gasteiger partial charge is 0.497 e. The number of rotatable bonds is 7. The van der Waals surface area contributed by atoms with Crippen LogP contribution in [0.2, 0.25) is 0 Å². The molecule has 31 heavy (non-hydrogen) atoms. The molecule has 0 bridgehead atoms. The van der Waals surface area contributed by atoms with Crippen LogP contribution in [0, 0.1) is 0 Å². The number of aromatic nitrogens is 2. The van der Waals surface area contributed by atoms with Crippen molar-refractivity contribution in [3.63, 3.8) is 0 Å². The monoisotopic (exact) mass is 485 g/mol. The number of nitrogens with one attached hydrogen (secondary N) is 1. The first-order chi connectivity index (χ1) is 14.9. The minimum Gasteiger partial charge on any atom is -0.497 e. The molecule has 0 spiro atoms. The van der Waals surface area contributed by atoms with Gasteiger partial charge in [-0.05, 0) is 58.8 Å². The number of fused-ring (bicyclic) bond motifs is 1. The fourth-order valence-electron chi connectivity index (χ4n) is 2.68. The van der Waals surface area contributed by atoms with Gasteiger partial charge in [-0.25, -0.2) is 9.78 Å². The predicted molar refractivity (Wildman–Crippen MR) is 119 cm³/mol. The second-order valence-corrected chi connectivity index (χ2v) is 7.52. The first kappa shape index (κ1) is 22.2. The van der Waals surface area contributed by atoms with Crippen LogP contribution >= 0.6 is 15.9 Å². The summed E-state index contributed by atoms with van der Waals surface area (Å²) in [5, 5.41) is 2.54. The molecule has 1 unspecified atom stereocenters. The summed E-state index contributed by atoms with van der Waals surface area (Å²) in [5.74, 6) is -0.355. The van der Waals surface area contributed by atoms with E-state index in [1.165, 1.54) is 23.5 Å². The predicted octanol–water partition coefficient (Wildman–Crippen LogP) is 2.73. The van der Waals surface area contributed by atoms with Gasteiger partial charge in [0, 0.05) is 22.8 Å². The topological polar surface area (TPSA) is 99.0 Å². The Bertz CT molecular complexity index is 1190.